The van der Waals surface area contributed by atoms with Gasteiger partial charge in [-0.3, -0.25) is 0 Å². The van der Waals surface area contributed by atoms with Crippen LogP contribution in [0.25, 0.3) is 0 Å². The van der Waals surface area contributed by atoms with Crippen molar-refractivity contribution in [2.24, 2.45) is 0 Å². The molecule has 0 bridgehead atoms. The molecular weight excluding hydrogens is 236 g/mol. The van der Waals surface area contributed by atoms with Crippen LogP contribution in [0.5, 0.6) is 0 Å². The fourth-order valence-electron chi connectivity index (χ4n) is 3.17. The molecule has 0 spiro atoms. The molecule has 0 amide bonds. The van der Waals surface area contributed by atoms with Crippen LogP contribution in [0.3, 0.4) is 0 Å². The van der Waals surface area contributed by atoms with Crippen LogP contribution in [-0.2, 0) is 11.2 Å². The highest BCUT2D eigenvalue weighted by Crippen LogP contribution is 2.34. The van der Waals surface area contributed by atoms with E-state index in [0.717, 1.165) is 32.7 Å². The van der Waals surface area contributed by atoms with Gasteiger partial charge in [-0.2, -0.15) is 0 Å². The highest BCUT2D eigenvalue weighted by molar-refractivity contribution is 5.40. The van der Waals surface area contributed by atoms with Gasteiger partial charge in [0.15, 0.2) is 0 Å². The van der Waals surface area contributed by atoms with Crippen LogP contribution in [0.2, 0.25) is 0 Å². The fourth-order valence-corrected chi connectivity index (χ4v) is 3.17. The maximum Gasteiger partial charge on any atom is 0.0620 e. The maximum absolute atomic E-state index is 5.50. The summed E-state index contributed by atoms with van der Waals surface area (Å²) in [4.78, 5) is 0. The Balaban J connectivity index is 1.41. The van der Waals surface area contributed by atoms with Crippen molar-refractivity contribution >= 4 is 0 Å². The molecule has 2 aliphatic rings. The lowest BCUT2D eigenvalue weighted by molar-refractivity contribution is 0.0712. The second-order valence-electron chi connectivity index (χ2n) is 5.87. The predicted octanol–water partition coefficient (Wildman–Crippen LogP) is 1.68. The van der Waals surface area contributed by atoms with Crippen LogP contribution in [-0.4, -0.2) is 38.4 Å². The number of fused-ring (bicyclic) bond motifs is 1. The second-order valence-corrected chi connectivity index (χ2v) is 5.87. The molecule has 0 saturated carbocycles. The van der Waals surface area contributed by atoms with E-state index in [1.807, 2.05) is 0 Å². The first-order valence-electron chi connectivity index (χ1n) is 7.45. The Kier molecular flexibility index (Phi) is 4.16. The standard InChI is InChI=1S/C16H24N2O/c1-12(8-15-11-19-7-6-17-15)18-10-14-9-13-4-2-3-5-16(13)14/h2-5,12,14-15,17-18H,6-11H2,1H3. The van der Waals surface area contributed by atoms with Crippen molar-refractivity contribution in [2.45, 2.75) is 37.8 Å². The molecule has 1 fully saturated rings. The van der Waals surface area contributed by atoms with E-state index in [-0.39, 0.29) is 0 Å². The highest BCUT2D eigenvalue weighted by Gasteiger charge is 2.25. The van der Waals surface area contributed by atoms with Gasteiger partial charge < -0.3 is 15.4 Å². The molecule has 3 unspecified atom stereocenters. The quantitative estimate of drug-likeness (QED) is 0.845. The van der Waals surface area contributed by atoms with E-state index in [1.165, 1.54) is 12.0 Å². The van der Waals surface area contributed by atoms with Crippen LogP contribution < -0.4 is 10.6 Å². The monoisotopic (exact) mass is 260 g/mol. The molecule has 0 radical (unpaired) electrons. The molecule has 3 heteroatoms. The summed E-state index contributed by atoms with van der Waals surface area (Å²) < 4.78 is 5.50. The summed E-state index contributed by atoms with van der Waals surface area (Å²) in [6, 6.07) is 9.87. The van der Waals surface area contributed by atoms with Gasteiger partial charge in [0.2, 0.25) is 0 Å². The average molecular weight is 260 g/mol. The summed E-state index contributed by atoms with van der Waals surface area (Å²) in [5.41, 5.74) is 3.07. The van der Waals surface area contributed by atoms with Gasteiger partial charge in [-0.1, -0.05) is 24.3 Å². The van der Waals surface area contributed by atoms with E-state index in [0.29, 0.717) is 18.0 Å². The zero-order valence-corrected chi connectivity index (χ0v) is 11.7. The minimum atomic E-state index is 0.518. The van der Waals surface area contributed by atoms with Crippen LogP contribution in [0.4, 0.5) is 0 Å². The second kappa shape index (κ2) is 6.04. The number of ether oxygens (including phenoxy) is 1. The van der Waals surface area contributed by atoms with Gasteiger partial charge in [0.1, 0.15) is 0 Å². The first-order chi connectivity index (χ1) is 9.33. The third kappa shape index (κ3) is 3.16. The molecule has 1 aromatic rings. The van der Waals surface area contributed by atoms with Crippen molar-refractivity contribution in [3.05, 3.63) is 35.4 Å². The molecule has 1 saturated heterocycles. The normalized spacial score (nSPS) is 27.4. The summed E-state index contributed by atoms with van der Waals surface area (Å²) in [6.07, 6.45) is 2.38. The molecule has 3 nitrogen and oxygen atoms in total. The van der Waals surface area contributed by atoms with E-state index in [9.17, 15) is 0 Å². The number of hydrogen-bond donors (Lipinski definition) is 2. The van der Waals surface area contributed by atoms with Gasteiger partial charge in [0.05, 0.1) is 13.2 Å². The van der Waals surface area contributed by atoms with Gasteiger partial charge in [-0.15, -0.1) is 0 Å². The number of benzene rings is 1. The lowest BCUT2D eigenvalue weighted by atomic mass is 9.77. The van der Waals surface area contributed by atoms with E-state index < -0.39 is 0 Å². The molecule has 3 atom stereocenters. The van der Waals surface area contributed by atoms with Gasteiger partial charge in [0.25, 0.3) is 0 Å². The average Bonchev–Trinajstić information content (AvgIpc) is 2.41. The summed E-state index contributed by atoms with van der Waals surface area (Å²) in [5.74, 6) is 0.717. The van der Waals surface area contributed by atoms with Gasteiger partial charge in [-0.05, 0) is 30.9 Å². The summed E-state index contributed by atoms with van der Waals surface area (Å²) in [7, 11) is 0. The number of rotatable bonds is 5. The van der Waals surface area contributed by atoms with Gasteiger partial charge in [-0.25, -0.2) is 0 Å². The van der Waals surface area contributed by atoms with Crippen molar-refractivity contribution in [1.82, 2.24) is 10.6 Å². The minimum Gasteiger partial charge on any atom is -0.379 e. The first-order valence-corrected chi connectivity index (χ1v) is 7.45. The highest BCUT2D eigenvalue weighted by atomic mass is 16.5. The Bertz CT molecular complexity index is 415. The summed E-state index contributed by atoms with van der Waals surface area (Å²) in [5, 5.41) is 7.19. The zero-order valence-electron chi connectivity index (χ0n) is 11.7. The Labute approximate surface area is 115 Å². The lowest BCUT2D eigenvalue weighted by Gasteiger charge is -2.32. The van der Waals surface area contributed by atoms with Crippen LogP contribution in [0.1, 0.15) is 30.4 Å². The predicted molar refractivity (Wildman–Crippen MR) is 77.6 cm³/mol. The Morgan fingerprint density at radius 3 is 3.11 bits per heavy atom. The van der Waals surface area contributed by atoms with E-state index in [1.54, 1.807) is 5.56 Å². The minimum absolute atomic E-state index is 0.518. The largest absolute Gasteiger partial charge is 0.379 e. The molecule has 0 aromatic heterocycles. The topological polar surface area (TPSA) is 33.3 Å². The summed E-state index contributed by atoms with van der Waals surface area (Å²) in [6.45, 7) is 6.09. The number of hydrogen-bond acceptors (Lipinski definition) is 3. The van der Waals surface area contributed by atoms with E-state index in [2.05, 4.69) is 41.8 Å². The molecule has 2 N–H and O–H groups in total. The molecule has 3 rings (SSSR count). The maximum atomic E-state index is 5.50. The van der Waals surface area contributed by atoms with Crippen LogP contribution >= 0.6 is 0 Å². The van der Waals surface area contributed by atoms with Gasteiger partial charge >= 0.3 is 0 Å². The van der Waals surface area contributed by atoms with Crippen LogP contribution in [0, 0.1) is 0 Å². The molecule has 19 heavy (non-hydrogen) atoms. The lowest BCUT2D eigenvalue weighted by Crippen LogP contribution is -2.45. The molecule has 104 valence electrons. The van der Waals surface area contributed by atoms with Crippen molar-refractivity contribution in [3.63, 3.8) is 0 Å². The Morgan fingerprint density at radius 1 is 1.42 bits per heavy atom. The third-order valence-corrected chi connectivity index (χ3v) is 4.31. The third-order valence-electron chi connectivity index (χ3n) is 4.31. The van der Waals surface area contributed by atoms with Crippen molar-refractivity contribution in [1.29, 1.82) is 0 Å². The molecule has 1 aliphatic heterocycles. The number of morpholine rings is 1. The van der Waals surface area contributed by atoms with E-state index in [4.69, 9.17) is 4.74 Å². The van der Waals surface area contributed by atoms with Gasteiger partial charge in [0, 0.05) is 31.1 Å². The van der Waals surface area contributed by atoms with E-state index >= 15 is 0 Å². The Hall–Kier alpha value is -0.900. The molecular formula is C16H24N2O. The molecule has 1 aromatic carbocycles. The first kappa shape index (κ1) is 13.1. The van der Waals surface area contributed by atoms with Crippen molar-refractivity contribution in [3.8, 4) is 0 Å². The Morgan fingerprint density at radius 2 is 2.32 bits per heavy atom. The SMILES string of the molecule is CC(CC1COCCN1)NCC1Cc2ccccc21. The zero-order chi connectivity index (χ0) is 13.1. The smallest absolute Gasteiger partial charge is 0.0620 e. The molecule has 1 heterocycles. The van der Waals surface area contributed by atoms with Crippen LogP contribution in [0.15, 0.2) is 24.3 Å². The summed E-state index contributed by atoms with van der Waals surface area (Å²) >= 11 is 0. The van der Waals surface area contributed by atoms with Crippen molar-refractivity contribution < 1.29 is 4.74 Å². The molecule has 1 aliphatic carbocycles. The number of nitrogens with one attached hydrogen (secondary N) is 2. The van der Waals surface area contributed by atoms with Crippen molar-refractivity contribution in [2.75, 3.05) is 26.3 Å². The fraction of sp³-hybridized carbons (Fsp3) is 0.625.